The number of carbonyl (C=O) groups excluding carboxylic acids is 1. The molecular formula is C19H25NO2. The van der Waals surface area contributed by atoms with Crippen LogP contribution in [-0.4, -0.2) is 17.1 Å². The quantitative estimate of drug-likeness (QED) is 0.376. The first-order chi connectivity index (χ1) is 10.7. The number of rotatable bonds is 9. The molecule has 3 nitrogen and oxygen atoms in total. The molecule has 0 fully saturated rings. The van der Waals surface area contributed by atoms with Crippen molar-refractivity contribution >= 4 is 12.0 Å². The molecule has 1 heterocycles. The van der Waals surface area contributed by atoms with Crippen molar-refractivity contribution in [2.75, 3.05) is 0 Å². The van der Waals surface area contributed by atoms with Gasteiger partial charge in [0.1, 0.15) is 6.10 Å². The molecule has 0 radical (unpaired) electrons. The molecule has 0 aromatic carbocycles. The Labute approximate surface area is 133 Å². The van der Waals surface area contributed by atoms with Gasteiger partial charge in [0.15, 0.2) is 0 Å². The van der Waals surface area contributed by atoms with Crippen LogP contribution >= 0.6 is 0 Å². The number of hydrogen-bond acceptors (Lipinski definition) is 3. The number of esters is 1. The SMILES string of the molecule is CC(=O)O[C@@H](C)CC=CC=CCCCC=Cc1cccnc1. The number of carbonyl (C=O) groups is 1. The second kappa shape index (κ2) is 11.5. The van der Waals surface area contributed by atoms with Crippen molar-refractivity contribution in [1.82, 2.24) is 4.98 Å². The molecule has 3 heteroatoms. The highest BCUT2D eigenvalue weighted by Gasteiger charge is 2.01. The summed E-state index contributed by atoms with van der Waals surface area (Å²) in [5, 5.41) is 0. The molecule has 0 spiro atoms. The van der Waals surface area contributed by atoms with E-state index in [-0.39, 0.29) is 12.1 Å². The lowest BCUT2D eigenvalue weighted by Crippen LogP contribution is -2.10. The summed E-state index contributed by atoms with van der Waals surface area (Å²) in [4.78, 5) is 14.8. The average Bonchev–Trinajstić information content (AvgIpc) is 2.49. The molecule has 1 atom stereocenters. The second-order valence-electron chi connectivity index (χ2n) is 5.13. The van der Waals surface area contributed by atoms with E-state index >= 15 is 0 Å². The van der Waals surface area contributed by atoms with E-state index in [1.807, 2.05) is 43.5 Å². The standard InChI is InChI=1S/C19H25NO2/c1-17(22-18(2)21)12-9-7-5-3-4-6-8-10-13-19-14-11-15-20-16-19/h3,5,7,9-11,13-17H,4,6,8,12H2,1-2H3/t17-/m0/s1. The van der Waals surface area contributed by atoms with Crippen LogP contribution in [0.2, 0.25) is 0 Å². The fourth-order valence-electron chi connectivity index (χ4n) is 1.90. The minimum Gasteiger partial charge on any atom is -0.463 e. The van der Waals surface area contributed by atoms with Crippen LogP contribution in [0.15, 0.2) is 54.9 Å². The third kappa shape index (κ3) is 9.70. The van der Waals surface area contributed by atoms with E-state index in [9.17, 15) is 4.79 Å². The maximum Gasteiger partial charge on any atom is 0.302 e. The Morgan fingerprint density at radius 3 is 2.77 bits per heavy atom. The summed E-state index contributed by atoms with van der Waals surface area (Å²) in [6.07, 6.45) is 20.1. The Morgan fingerprint density at radius 1 is 1.27 bits per heavy atom. The Bertz CT molecular complexity index is 503. The summed E-state index contributed by atoms with van der Waals surface area (Å²) in [7, 11) is 0. The predicted octanol–water partition coefficient (Wildman–Crippen LogP) is 4.72. The third-order valence-corrected chi connectivity index (χ3v) is 2.95. The highest BCUT2D eigenvalue weighted by molar-refractivity contribution is 5.66. The largest absolute Gasteiger partial charge is 0.463 e. The first-order valence-electron chi connectivity index (χ1n) is 7.74. The van der Waals surface area contributed by atoms with Gasteiger partial charge < -0.3 is 4.74 Å². The van der Waals surface area contributed by atoms with Crippen LogP contribution < -0.4 is 0 Å². The Hall–Kier alpha value is -2.16. The molecule has 0 saturated carbocycles. The van der Waals surface area contributed by atoms with E-state index in [0.717, 1.165) is 31.2 Å². The molecule has 0 aliphatic rings. The molecule has 22 heavy (non-hydrogen) atoms. The molecule has 0 saturated heterocycles. The molecule has 0 amide bonds. The molecule has 118 valence electrons. The molecule has 0 bridgehead atoms. The van der Waals surface area contributed by atoms with E-state index < -0.39 is 0 Å². The van der Waals surface area contributed by atoms with Gasteiger partial charge in [-0.05, 0) is 37.8 Å². The van der Waals surface area contributed by atoms with Gasteiger partial charge in [-0.25, -0.2) is 0 Å². The van der Waals surface area contributed by atoms with Crippen molar-refractivity contribution in [2.45, 2.75) is 45.6 Å². The Kier molecular flexibility index (Phi) is 9.35. The number of ether oxygens (including phenoxy) is 1. The highest BCUT2D eigenvalue weighted by Crippen LogP contribution is 2.04. The van der Waals surface area contributed by atoms with Crippen LogP contribution in [0.3, 0.4) is 0 Å². The van der Waals surface area contributed by atoms with Crippen LogP contribution in [0.4, 0.5) is 0 Å². The number of unbranched alkanes of at least 4 members (excludes halogenated alkanes) is 2. The van der Waals surface area contributed by atoms with Crippen molar-refractivity contribution in [2.24, 2.45) is 0 Å². The van der Waals surface area contributed by atoms with Crippen LogP contribution in [0.5, 0.6) is 0 Å². The van der Waals surface area contributed by atoms with Gasteiger partial charge in [0.05, 0.1) is 0 Å². The molecule has 0 aliphatic carbocycles. The molecule has 1 rings (SSSR count). The molecule has 0 N–H and O–H groups in total. The van der Waals surface area contributed by atoms with Gasteiger partial charge in [0.25, 0.3) is 0 Å². The van der Waals surface area contributed by atoms with Crippen molar-refractivity contribution in [3.05, 3.63) is 60.5 Å². The van der Waals surface area contributed by atoms with Gasteiger partial charge in [-0.1, -0.05) is 42.5 Å². The van der Waals surface area contributed by atoms with E-state index in [1.165, 1.54) is 6.92 Å². The van der Waals surface area contributed by atoms with Gasteiger partial charge in [-0.15, -0.1) is 0 Å². The van der Waals surface area contributed by atoms with Crippen LogP contribution in [0.25, 0.3) is 6.08 Å². The first-order valence-corrected chi connectivity index (χ1v) is 7.74. The molecule has 0 unspecified atom stereocenters. The van der Waals surface area contributed by atoms with Gasteiger partial charge >= 0.3 is 5.97 Å². The zero-order valence-electron chi connectivity index (χ0n) is 13.4. The van der Waals surface area contributed by atoms with E-state index in [1.54, 1.807) is 6.20 Å². The lowest BCUT2D eigenvalue weighted by atomic mass is 10.2. The van der Waals surface area contributed by atoms with Gasteiger partial charge in [0.2, 0.25) is 0 Å². The lowest BCUT2D eigenvalue weighted by Gasteiger charge is -2.07. The summed E-state index contributed by atoms with van der Waals surface area (Å²) in [5.41, 5.74) is 1.14. The minimum atomic E-state index is -0.226. The lowest BCUT2D eigenvalue weighted by molar-refractivity contribution is -0.145. The summed E-state index contributed by atoms with van der Waals surface area (Å²) in [6.45, 7) is 3.33. The maximum absolute atomic E-state index is 10.7. The first kappa shape index (κ1) is 17.9. The normalized spacial score (nSPS) is 13.2. The number of nitrogens with zero attached hydrogens (tertiary/aromatic N) is 1. The summed E-state index contributed by atoms with van der Waals surface area (Å²) in [5.74, 6) is -0.226. The van der Waals surface area contributed by atoms with Gasteiger partial charge in [0, 0.05) is 25.7 Å². The molecule has 1 aromatic heterocycles. The molecule has 0 aliphatic heterocycles. The number of hydrogen-bond donors (Lipinski definition) is 0. The summed E-state index contributed by atoms with van der Waals surface area (Å²) < 4.78 is 5.03. The van der Waals surface area contributed by atoms with E-state index in [0.29, 0.717) is 0 Å². The topological polar surface area (TPSA) is 39.2 Å². The smallest absolute Gasteiger partial charge is 0.302 e. The van der Waals surface area contributed by atoms with Crippen molar-refractivity contribution < 1.29 is 9.53 Å². The highest BCUT2D eigenvalue weighted by atomic mass is 16.5. The molecular weight excluding hydrogens is 274 g/mol. The van der Waals surface area contributed by atoms with Crippen molar-refractivity contribution in [3.8, 4) is 0 Å². The maximum atomic E-state index is 10.7. The molecule has 1 aromatic rings. The van der Waals surface area contributed by atoms with Crippen LogP contribution in [0, 0.1) is 0 Å². The van der Waals surface area contributed by atoms with E-state index in [4.69, 9.17) is 4.74 Å². The van der Waals surface area contributed by atoms with E-state index in [2.05, 4.69) is 23.2 Å². The third-order valence-electron chi connectivity index (χ3n) is 2.95. The Morgan fingerprint density at radius 2 is 2.05 bits per heavy atom. The second-order valence-corrected chi connectivity index (χ2v) is 5.13. The van der Waals surface area contributed by atoms with Crippen molar-refractivity contribution in [3.63, 3.8) is 0 Å². The zero-order chi connectivity index (χ0) is 16.0. The number of allylic oxidation sites excluding steroid dienone is 4. The van der Waals surface area contributed by atoms with Gasteiger partial charge in [-0.3, -0.25) is 9.78 Å². The minimum absolute atomic E-state index is 0.0558. The zero-order valence-corrected chi connectivity index (χ0v) is 13.4. The van der Waals surface area contributed by atoms with Crippen LogP contribution in [-0.2, 0) is 9.53 Å². The monoisotopic (exact) mass is 299 g/mol. The Balaban J connectivity index is 2.07. The fraction of sp³-hybridized carbons (Fsp3) is 0.368. The number of aromatic nitrogens is 1. The fourth-order valence-corrected chi connectivity index (χ4v) is 1.90. The van der Waals surface area contributed by atoms with Gasteiger partial charge in [-0.2, -0.15) is 0 Å². The number of pyridine rings is 1. The van der Waals surface area contributed by atoms with Crippen LogP contribution in [0.1, 0.15) is 45.1 Å². The summed E-state index contributed by atoms with van der Waals surface area (Å²) >= 11 is 0. The average molecular weight is 299 g/mol. The van der Waals surface area contributed by atoms with Crippen molar-refractivity contribution in [1.29, 1.82) is 0 Å². The summed E-state index contributed by atoms with van der Waals surface area (Å²) in [6, 6.07) is 3.99. The predicted molar refractivity (Wildman–Crippen MR) is 91.2 cm³/mol.